The van der Waals surface area contributed by atoms with Crippen LogP contribution in [-0.4, -0.2) is 18.0 Å². The molecule has 0 radical (unpaired) electrons. The molecule has 5 heteroatoms. The SMILES string of the molecule is C[C@H](OC(=O)Cc1ccc2ccccc2c1)C(=O)Nc1ccc(C#N)cc1. The molecule has 5 nitrogen and oxygen atoms in total. The zero-order chi connectivity index (χ0) is 19.2. The average molecular weight is 358 g/mol. The van der Waals surface area contributed by atoms with Crippen LogP contribution in [0.15, 0.2) is 66.7 Å². The monoisotopic (exact) mass is 358 g/mol. The van der Waals surface area contributed by atoms with Gasteiger partial charge in [-0.2, -0.15) is 5.26 Å². The Hall–Kier alpha value is -3.65. The van der Waals surface area contributed by atoms with Crippen molar-refractivity contribution in [3.8, 4) is 6.07 Å². The number of esters is 1. The lowest BCUT2D eigenvalue weighted by Crippen LogP contribution is -2.30. The highest BCUT2D eigenvalue weighted by Gasteiger charge is 2.18. The summed E-state index contributed by atoms with van der Waals surface area (Å²) >= 11 is 0. The predicted molar refractivity (Wildman–Crippen MR) is 103 cm³/mol. The summed E-state index contributed by atoms with van der Waals surface area (Å²) in [6.45, 7) is 1.53. The summed E-state index contributed by atoms with van der Waals surface area (Å²) in [6.07, 6.45) is -0.826. The quantitative estimate of drug-likeness (QED) is 0.703. The van der Waals surface area contributed by atoms with Gasteiger partial charge in [0.15, 0.2) is 6.10 Å². The number of nitrogens with one attached hydrogen (secondary N) is 1. The second-order valence-corrected chi connectivity index (χ2v) is 6.17. The smallest absolute Gasteiger partial charge is 0.311 e. The number of carbonyl (C=O) groups is 2. The normalized spacial score (nSPS) is 11.4. The number of nitriles is 1. The van der Waals surface area contributed by atoms with Crippen molar-refractivity contribution in [2.75, 3.05) is 5.32 Å². The molecule has 0 fully saturated rings. The zero-order valence-electron chi connectivity index (χ0n) is 14.8. The molecule has 0 unspecified atom stereocenters. The number of hydrogen-bond acceptors (Lipinski definition) is 4. The molecule has 3 aromatic rings. The van der Waals surface area contributed by atoms with Gasteiger partial charge < -0.3 is 10.1 Å². The van der Waals surface area contributed by atoms with Gasteiger partial charge in [-0.15, -0.1) is 0 Å². The van der Waals surface area contributed by atoms with Crippen LogP contribution in [0.1, 0.15) is 18.1 Å². The topological polar surface area (TPSA) is 79.2 Å². The van der Waals surface area contributed by atoms with E-state index in [9.17, 15) is 9.59 Å². The molecule has 1 N–H and O–H groups in total. The van der Waals surface area contributed by atoms with Crippen molar-refractivity contribution >= 4 is 28.3 Å². The van der Waals surface area contributed by atoms with E-state index >= 15 is 0 Å². The minimum absolute atomic E-state index is 0.0965. The Morgan fingerprint density at radius 1 is 1.04 bits per heavy atom. The molecular weight excluding hydrogens is 340 g/mol. The lowest BCUT2D eigenvalue weighted by molar-refractivity contribution is -0.152. The molecule has 0 aliphatic rings. The van der Waals surface area contributed by atoms with Crippen LogP contribution in [-0.2, 0) is 20.7 Å². The van der Waals surface area contributed by atoms with Gasteiger partial charge in [0.2, 0.25) is 0 Å². The summed E-state index contributed by atoms with van der Waals surface area (Å²) in [7, 11) is 0. The highest BCUT2D eigenvalue weighted by molar-refractivity contribution is 5.95. The largest absolute Gasteiger partial charge is 0.452 e. The maximum absolute atomic E-state index is 12.2. The first-order chi connectivity index (χ1) is 13.0. The number of ether oxygens (including phenoxy) is 1. The van der Waals surface area contributed by atoms with Crippen LogP contribution in [0.5, 0.6) is 0 Å². The van der Waals surface area contributed by atoms with Crippen molar-refractivity contribution in [2.45, 2.75) is 19.4 Å². The molecule has 0 aromatic heterocycles. The maximum Gasteiger partial charge on any atom is 0.311 e. The van der Waals surface area contributed by atoms with Gasteiger partial charge >= 0.3 is 5.97 Å². The van der Waals surface area contributed by atoms with Crippen LogP contribution in [0.2, 0.25) is 0 Å². The zero-order valence-corrected chi connectivity index (χ0v) is 14.8. The van der Waals surface area contributed by atoms with Gasteiger partial charge in [0, 0.05) is 5.69 Å². The molecule has 27 heavy (non-hydrogen) atoms. The third-order valence-electron chi connectivity index (χ3n) is 4.12. The fourth-order valence-electron chi connectivity index (χ4n) is 2.68. The summed E-state index contributed by atoms with van der Waals surface area (Å²) < 4.78 is 5.24. The molecule has 0 saturated heterocycles. The van der Waals surface area contributed by atoms with Gasteiger partial charge in [0.1, 0.15) is 0 Å². The fourth-order valence-corrected chi connectivity index (χ4v) is 2.68. The summed E-state index contributed by atoms with van der Waals surface area (Å²) in [6, 6.07) is 22.1. The third kappa shape index (κ3) is 4.71. The fraction of sp³-hybridized carbons (Fsp3) is 0.136. The molecule has 0 aliphatic carbocycles. The van der Waals surface area contributed by atoms with Crippen LogP contribution in [0.25, 0.3) is 10.8 Å². The highest BCUT2D eigenvalue weighted by atomic mass is 16.5. The molecular formula is C22H18N2O3. The number of carbonyl (C=O) groups excluding carboxylic acids is 2. The van der Waals surface area contributed by atoms with E-state index in [0.29, 0.717) is 11.3 Å². The van der Waals surface area contributed by atoms with Crippen molar-refractivity contribution in [1.29, 1.82) is 5.26 Å². The van der Waals surface area contributed by atoms with E-state index in [1.807, 2.05) is 48.5 Å². The minimum atomic E-state index is -0.923. The van der Waals surface area contributed by atoms with E-state index < -0.39 is 18.0 Å². The number of rotatable bonds is 5. The average Bonchev–Trinajstić information content (AvgIpc) is 2.68. The van der Waals surface area contributed by atoms with E-state index in [0.717, 1.165) is 16.3 Å². The molecule has 3 rings (SSSR count). The van der Waals surface area contributed by atoms with Gasteiger partial charge in [-0.25, -0.2) is 0 Å². The summed E-state index contributed by atoms with van der Waals surface area (Å²) in [5.74, 6) is -0.890. The number of anilines is 1. The van der Waals surface area contributed by atoms with E-state index in [1.165, 1.54) is 6.92 Å². The predicted octanol–water partition coefficient (Wildman–Crippen LogP) is 3.82. The Morgan fingerprint density at radius 2 is 1.74 bits per heavy atom. The van der Waals surface area contributed by atoms with Gasteiger partial charge in [0.05, 0.1) is 18.1 Å². The van der Waals surface area contributed by atoms with Crippen molar-refractivity contribution in [3.05, 3.63) is 77.9 Å². The van der Waals surface area contributed by atoms with E-state index in [4.69, 9.17) is 10.00 Å². The molecule has 0 saturated carbocycles. The van der Waals surface area contributed by atoms with Gasteiger partial charge in [-0.05, 0) is 47.5 Å². The van der Waals surface area contributed by atoms with Crippen LogP contribution < -0.4 is 5.32 Å². The first-order valence-corrected chi connectivity index (χ1v) is 8.53. The Labute approximate surface area is 157 Å². The highest BCUT2D eigenvalue weighted by Crippen LogP contribution is 2.16. The van der Waals surface area contributed by atoms with Crippen molar-refractivity contribution in [3.63, 3.8) is 0 Å². The lowest BCUT2D eigenvalue weighted by atomic mass is 10.1. The molecule has 3 aromatic carbocycles. The Balaban J connectivity index is 1.57. The molecule has 0 bridgehead atoms. The van der Waals surface area contributed by atoms with Gasteiger partial charge in [-0.3, -0.25) is 9.59 Å². The molecule has 134 valence electrons. The van der Waals surface area contributed by atoms with Crippen molar-refractivity contribution in [2.24, 2.45) is 0 Å². The number of fused-ring (bicyclic) bond motifs is 1. The van der Waals surface area contributed by atoms with Crippen molar-refractivity contribution in [1.82, 2.24) is 0 Å². The molecule has 0 spiro atoms. The van der Waals surface area contributed by atoms with Crippen LogP contribution >= 0.6 is 0 Å². The van der Waals surface area contributed by atoms with Crippen molar-refractivity contribution < 1.29 is 14.3 Å². The van der Waals surface area contributed by atoms with E-state index in [-0.39, 0.29) is 6.42 Å². The Bertz CT molecular complexity index is 1020. The third-order valence-corrected chi connectivity index (χ3v) is 4.12. The van der Waals surface area contributed by atoms with Crippen LogP contribution in [0, 0.1) is 11.3 Å². The molecule has 1 atom stereocenters. The van der Waals surface area contributed by atoms with E-state index in [1.54, 1.807) is 24.3 Å². The summed E-state index contributed by atoms with van der Waals surface area (Å²) in [5.41, 5.74) is 1.87. The first-order valence-electron chi connectivity index (χ1n) is 8.53. The van der Waals surface area contributed by atoms with Gasteiger partial charge in [0.25, 0.3) is 5.91 Å². The number of amides is 1. The number of hydrogen-bond donors (Lipinski definition) is 1. The second kappa shape index (κ2) is 8.15. The second-order valence-electron chi connectivity index (χ2n) is 6.17. The summed E-state index contributed by atoms with van der Waals surface area (Å²) in [5, 5.41) is 13.6. The standard InChI is InChI=1S/C22H18N2O3/c1-15(22(26)24-20-10-7-16(14-23)8-11-20)27-21(25)13-17-6-9-18-4-2-3-5-19(18)12-17/h2-12,15H,13H2,1H3,(H,24,26)/t15-/m0/s1. The minimum Gasteiger partial charge on any atom is -0.452 e. The first kappa shape index (κ1) is 18.2. The molecule has 0 aliphatic heterocycles. The van der Waals surface area contributed by atoms with E-state index in [2.05, 4.69) is 5.32 Å². The molecule has 0 heterocycles. The summed E-state index contributed by atoms with van der Waals surface area (Å²) in [4.78, 5) is 24.3. The molecule has 1 amide bonds. The van der Waals surface area contributed by atoms with Gasteiger partial charge in [-0.1, -0.05) is 42.5 Å². The Morgan fingerprint density at radius 3 is 2.44 bits per heavy atom. The number of nitrogens with zero attached hydrogens (tertiary/aromatic N) is 1. The van der Waals surface area contributed by atoms with Crippen LogP contribution in [0.4, 0.5) is 5.69 Å². The van der Waals surface area contributed by atoms with Crippen LogP contribution in [0.3, 0.4) is 0 Å². The Kier molecular flexibility index (Phi) is 5.48. The number of benzene rings is 3. The lowest BCUT2D eigenvalue weighted by Gasteiger charge is -2.14. The maximum atomic E-state index is 12.2.